The number of carbonyl (C=O) groups excluding carboxylic acids is 1. The average molecular weight is 354 g/mol. The number of aromatic nitrogens is 3. The van der Waals surface area contributed by atoms with E-state index < -0.39 is 0 Å². The summed E-state index contributed by atoms with van der Waals surface area (Å²) in [7, 11) is 1.81. The van der Waals surface area contributed by atoms with Crippen LogP contribution < -0.4 is 4.90 Å². The van der Waals surface area contributed by atoms with Gasteiger partial charge < -0.3 is 14.7 Å². The summed E-state index contributed by atoms with van der Waals surface area (Å²) in [5.74, 6) is 0.573. The van der Waals surface area contributed by atoms with Crippen LogP contribution in [0.15, 0.2) is 36.8 Å². The van der Waals surface area contributed by atoms with E-state index in [0.717, 1.165) is 44.7 Å². The zero-order valence-electron chi connectivity index (χ0n) is 15.5. The van der Waals surface area contributed by atoms with Crippen molar-refractivity contribution in [3.8, 4) is 0 Å². The molecule has 0 aromatic carbocycles. The number of nitrogens with zero attached hydrogens (tertiary/aromatic N) is 6. The zero-order chi connectivity index (χ0) is 18.4. The van der Waals surface area contributed by atoms with E-state index >= 15 is 0 Å². The van der Waals surface area contributed by atoms with Gasteiger partial charge >= 0.3 is 0 Å². The Morgan fingerprint density at radius 3 is 2.54 bits per heavy atom. The van der Waals surface area contributed by atoms with E-state index in [4.69, 9.17) is 0 Å². The molecule has 1 aliphatic heterocycles. The topological polar surface area (TPSA) is 65.5 Å². The van der Waals surface area contributed by atoms with E-state index in [1.807, 2.05) is 19.2 Å². The molecule has 3 heterocycles. The van der Waals surface area contributed by atoms with Crippen molar-refractivity contribution in [3.05, 3.63) is 48.0 Å². The first-order valence-electron chi connectivity index (χ1n) is 9.12. The molecular formula is C19H26N6O. The SMILES string of the molecule is CCN1CCN(c2nccc(C(=O)N(C)CCc3ccncc3)n2)CC1. The highest BCUT2D eigenvalue weighted by Gasteiger charge is 2.20. The maximum atomic E-state index is 12.7. The van der Waals surface area contributed by atoms with E-state index in [2.05, 4.69) is 31.7 Å². The first-order valence-corrected chi connectivity index (χ1v) is 9.12. The molecule has 0 radical (unpaired) electrons. The zero-order valence-corrected chi connectivity index (χ0v) is 15.5. The second-order valence-corrected chi connectivity index (χ2v) is 6.50. The largest absolute Gasteiger partial charge is 0.340 e. The summed E-state index contributed by atoms with van der Waals surface area (Å²) in [4.78, 5) is 31.9. The maximum absolute atomic E-state index is 12.7. The Hall–Kier alpha value is -2.54. The van der Waals surface area contributed by atoms with Crippen molar-refractivity contribution in [2.24, 2.45) is 0 Å². The fourth-order valence-electron chi connectivity index (χ4n) is 3.03. The molecule has 7 heteroatoms. The molecule has 0 unspecified atom stereocenters. The molecule has 1 amide bonds. The summed E-state index contributed by atoms with van der Waals surface area (Å²) in [5, 5.41) is 0. The summed E-state index contributed by atoms with van der Waals surface area (Å²) in [5.41, 5.74) is 1.61. The highest BCUT2D eigenvalue weighted by atomic mass is 16.2. The second kappa shape index (κ2) is 8.71. The second-order valence-electron chi connectivity index (χ2n) is 6.50. The Morgan fingerprint density at radius 1 is 1.12 bits per heavy atom. The first kappa shape index (κ1) is 18.3. The highest BCUT2D eigenvalue weighted by molar-refractivity contribution is 5.92. The Balaban J connectivity index is 1.60. The third-order valence-electron chi connectivity index (χ3n) is 4.80. The molecule has 3 rings (SSSR count). The molecule has 1 saturated heterocycles. The quantitative estimate of drug-likeness (QED) is 0.780. The van der Waals surface area contributed by atoms with Crippen LogP contribution in [0.4, 0.5) is 5.95 Å². The molecule has 2 aromatic heterocycles. The Morgan fingerprint density at radius 2 is 1.85 bits per heavy atom. The van der Waals surface area contributed by atoms with Crippen molar-refractivity contribution in [1.29, 1.82) is 0 Å². The minimum absolute atomic E-state index is 0.0742. The molecule has 7 nitrogen and oxygen atoms in total. The van der Waals surface area contributed by atoms with Gasteiger partial charge in [-0.05, 0) is 36.7 Å². The first-order chi connectivity index (χ1) is 12.7. The number of likely N-dealkylation sites (N-methyl/N-ethyl adjacent to an activating group) is 2. The Labute approximate surface area is 154 Å². The minimum atomic E-state index is -0.0742. The van der Waals surface area contributed by atoms with Gasteiger partial charge in [-0.1, -0.05) is 6.92 Å². The van der Waals surface area contributed by atoms with Gasteiger partial charge in [0.25, 0.3) is 5.91 Å². The van der Waals surface area contributed by atoms with Gasteiger partial charge in [0.1, 0.15) is 5.69 Å². The third-order valence-corrected chi connectivity index (χ3v) is 4.80. The van der Waals surface area contributed by atoms with Crippen LogP contribution in [-0.2, 0) is 6.42 Å². The van der Waals surface area contributed by atoms with Gasteiger partial charge in [0, 0.05) is 58.4 Å². The van der Waals surface area contributed by atoms with Gasteiger partial charge in [-0.25, -0.2) is 9.97 Å². The number of pyridine rings is 1. The molecule has 0 spiro atoms. The molecule has 0 saturated carbocycles. The number of anilines is 1. The fraction of sp³-hybridized carbons (Fsp3) is 0.474. The van der Waals surface area contributed by atoms with Crippen LogP contribution in [0.1, 0.15) is 23.0 Å². The summed E-state index contributed by atoms with van der Waals surface area (Å²) in [6.45, 7) is 7.67. The monoisotopic (exact) mass is 354 g/mol. The lowest BCUT2D eigenvalue weighted by Gasteiger charge is -2.34. The van der Waals surface area contributed by atoms with Crippen LogP contribution >= 0.6 is 0 Å². The van der Waals surface area contributed by atoms with Crippen molar-refractivity contribution in [2.45, 2.75) is 13.3 Å². The molecule has 0 atom stereocenters. The molecule has 0 aliphatic carbocycles. The van der Waals surface area contributed by atoms with Crippen molar-refractivity contribution in [2.75, 3.05) is 51.2 Å². The third kappa shape index (κ3) is 4.54. The number of piperazine rings is 1. The maximum Gasteiger partial charge on any atom is 0.272 e. The van der Waals surface area contributed by atoms with Gasteiger partial charge in [0.05, 0.1) is 0 Å². The van der Waals surface area contributed by atoms with Crippen molar-refractivity contribution >= 4 is 11.9 Å². The molecular weight excluding hydrogens is 328 g/mol. The average Bonchev–Trinajstić information content (AvgIpc) is 2.72. The molecule has 1 aliphatic rings. The van der Waals surface area contributed by atoms with E-state index in [1.165, 1.54) is 0 Å². The summed E-state index contributed by atoms with van der Waals surface area (Å²) in [6.07, 6.45) is 6.01. The van der Waals surface area contributed by atoms with Gasteiger partial charge in [0.15, 0.2) is 0 Å². The molecule has 1 fully saturated rings. The van der Waals surface area contributed by atoms with Crippen LogP contribution in [0.3, 0.4) is 0 Å². The lowest BCUT2D eigenvalue weighted by Crippen LogP contribution is -2.46. The Kier molecular flexibility index (Phi) is 6.12. The van der Waals surface area contributed by atoms with Crippen molar-refractivity contribution in [1.82, 2.24) is 24.8 Å². The Bertz CT molecular complexity index is 715. The van der Waals surface area contributed by atoms with E-state index in [1.54, 1.807) is 29.6 Å². The lowest BCUT2D eigenvalue weighted by molar-refractivity contribution is 0.0790. The predicted molar refractivity (Wildman–Crippen MR) is 101 cm³/mol. The van der Waals surface area contributed by atoms with Crippen molar-refractivity contribution in [3.63, 3.8) is 0 Å². The number of rotatable bonds is 6. The summed E-state index contributed by atoms with van der Waals surface area (Å²) in [6, 6.07) is 5.63. The number of amides is 1. The molecule has 0 bridgehead atoms. The van der Waals surface area contributed by atoms with Crippen LogP contribution in [0.2, 0.25) is 0 Å². The van der Waals surface area contributed by atoms with Gasteiger partial charge in [-0.2, -0.15) is 0 Å². The fourth-order valence-corrected chi connectivity index (χ4v) is 3.03. The molecule has 26 heavy (non-hydrogen) atoms. The van der Waals surface area contributed by atoms with Crippen LogP contribution in [-0.4, -0.2) is 77.0 Å². The van der Waals surface area contributed by atoms with Crippen LogP contribution in [0.5, 0.6) is 0 Å². The lowest BCUT2D eigenvalue weighted by atomic mass is 10.2. The number of hydrogen-bond donors (Lipinski definition) is 0. The molecule has 0 N–H and O–H groups in total. The summed E-state index contributed by atoms with van der Waals surface area (Å²) >= 11 is 0. The van der Waals surface area contributed by atoms with Gasteiger partial charge in [0.2, 0.25) is 5.95 Å². The van der Waals surface area contributed by atoms with Crippen LogP contribution in [0, 0.1) is 0 Å². The van der Waals surface area contributed by atoms with Crippen molar-refractivity contribution < 1.29 is 4.79 Å². The van der Waals surface area contributed by atoms with Crippen LogP contribution in [0.25, 0.3) is 0 Å². The van der Waals surface area contributed by atoms with Gasteiger partial charge in [-0.15, -0.1) is 0 Å². The molecule has 138 valence electrons. The standard InChI is InChI=1S/C19H26N6O/c1-3-24-12-14-25(15-13-24)19-21-10-6-17(22-19)18(26)23(2)11-7-16-4-8-20-9-5-16/h4-6,8-10H,3,7,11-15H2,1-2H3. The smallest absolute Gasteiger partial charge is 0.272 e. The van der Waals surface area contributed by atoms with E-state index in [9.17, 15) is 4.79 Å². The van der Waals surface area contributed by atoms with E-state index in [0.29, 0.717) is 18.2 Å². The predicted octanol–water partition coefficient (Wildman–Crippen LogP) is 1.33. The van der Waals surface area contributed by atoms with E-state index in [-0.39, 0.29) is 5.91 Å². The number of carbonyl (C=O) groups is 1. The normalized spacial score (nSPS) is 15.1. The van der Waals surface area contributed by atoms with Gasteiger partial charge in [-0.3, -0.25) is 9.78 Å². The summed E-state index contributed by atoms with van der Waals surface area (Å²) < 4.78 is 0. The minimum Gasteiger partial charge on any atom is -0.340 e. The molecule has 2 aromatic rings. The number of hydrogen-bond acceptors (Lipinski definition) is 6. The highest BCUT2D eigenvalue weighted by Crippen LogP contribution is 2.12.